The van der Waals surface area contributed by atoms with E-state index in [1.807, 2.05) is 11.8 Å². The maximum Gasteiger partial charge on any atom is 0.0480 e. The molecule has 0 radical (unpaired) electrons. The van der Waals surface area contributed by atoms with Gasteiger partial charge in [-0.25, -0.2) is 0 Å². The molecule has 13 heavy (non-hydrogen) atoms. The van der Waals surface area contributed by atoms with Gasteiger partial charge < -0.3 is 5.32 Å². The van der Waals surface area contributed by atoms with E-state index in [-0.39, 0.29) is 0 Å². The third-order valence-electron chi connectivity index (χ3n) is 2.45. The van der Waals surface area contributed by atoms with Crippen LogP contribution < -0.4 is 5.32 Å². The van der Waals surface area contributed by atoms with E-state index in [4.69, 9.17) is 0 Å². The number of anilines is 1. The zero-order valence-corrected chi connectivity index (χ0v) is 8.90. The van der Waals surface area contributed by atoms with E-state index < -0.39 is 0 Å². The Morgan fingerprint density at radius 1 is 1.38 bits per heavy atom. The molecule has 0 bridgehead atoms. The average Bonchev–Trinajstić information content (AvgIpc) is 2.17. The van der Waals surface area contributed by atoms with Crippen LogP contribution in [0.25, 0.3) is 0 Å². The number of benzene rings is 1. The molecule has 70 valence electrons. The van der Waals surface area contributed by atoms with Gasteiger partial charge in [0.05, 0.1) is 0 Å². The van der Waals surface area contributed by atoms with Gasteiger partial charge in [-0.1, -0.05) is 26.0 Å². The van der Waals surface area contributed by atoms with Crippen molar-refractivity contribution in [2.24, 2.45) is 5.92 Å². The van der Waals surface area contributed by atoms with Crippen molar-refractivity contribution in [2.75, 3.05) is 11.1 Å². The molecule has 2 rings (SSSR count). The zero-order chi connectivity index (χ0) is 9.26. The van der Waals surface area contributed by atoms with E-state index in [9.17, 15) is 0 Å². The van der Waals surface area contributed by atoms with Crippen molar-refractivity contribution >= 4 is 17.4 Å². The van der Waals surface area contributed by atoms with Gasteiger partial charge in [-0.3, -0.25) is 0 Å². The van der Waals surface area contributed by atoms with Crippen molar-refractivity contribution in [3.05, 3.63) is 24.3 Å². The van der Waals surface area contributed by atoms with Gasteiger partial charge in [0.15, 0.2) is 0 Å². The van der Waals surface area contributed by atoms with Crippen LogP contribution in [0.15, 0.2) is 29.2 Å². The molecule has 0 aromatic heterocycles. The smallest absolute Gasteiger partial charge is 0.0480 e. The molecule has 1 heterocycles. The Kier molecular flexibility index (Phi) is 2.49. The van der Waals surface area contributed by atoms with Gasteiger partial charge in [-0.15, -0.1) is 11.8 Å². The Bertz CT molecular complexity index is 296. The lowest BCUT2D eigenvalue weighted by molar-refractivity contribution is 0.562. The summed E-state index contributed by atoms with van der Waals surface area (Å²) in [5.41, 5.74) is 1.30. The molecular weight excluding hydrogens is 178 g/mol. The van der Waals surface area contributed by atoms with Crippen molar-refractivity contribution < 1.29 is 0 Å². The molecule has 0 spiro atoms. The van der Waals surface area contributed by atoms with Gasteiger partial charge in [0.2, 0.25) is 0 Å². The summed E-state index contributed by atoms with van der Waals surface area (Å²) in [7, 11) is 0. The average molecular weight is 193 g/mol. The van der Waals surface area contributed by atoms with Gasteiger partial charge in [0, 0.05) is 22.4 Å². The Balaban J connectivity index is 2.20. The molecule has 1 aromatic rings. The molecule has 0 amide bonds. The first-order chi connectivity index (χ1) is 6.27. The molecule has 1 aliphatic heterocycles. The zero-order valence-electron chi connectivity index (χ0n) is 8.08. The van der Waals surface area contributed by atoms with Crippen molar-refractivity contribution in [2.45, 2.75) is 24.8 Å². The molecule has 2 heteroatoms. The molecule has 1 unspecified atom stereocenters. The summed E-state index contributed by atoms with van der Waals surface area (Å²) < 4.78 is 0. The van der Waals surface area contributed by atoms with Crippen LogP contribution in [0.1, 0.15) is 13.8 Å². The molecular formula is C11H15NS. The second-order valence-electron chi connectivity index (χ2n) is 3.80. The number of para-hydroxylation sites is 1. The van der Waals surface area contributed by atoms with Crippen LogP contribution in [-0.2, 0) is 0 Å². The molecule has 0 saturated carbocycles. The summed E-state index contributed by atoms with van der Waals surface area (Å²) in [5.74, 6) is 1.90. The van der Waals surface area contributed by atoms with E-state index in [1.54, 1.807) is 0 Å². The summed E-state index contributed by atoms with van der Waals surface area (Å²) >= 11 is 1.96. The molecule has 1 aromatic carbocycles. The first kappa shape index (κ1) is 8.95. The Morgan fingerprint density at radius 3 is 2.92 bits per heavy atom. The third kappa shape index (κ3) is 1.83. The van der Waals surface area contributed by atoms with E-state index in [1.165, 1.54) is 16.3 Å². The summed E-state index contributed by atoms with van der Waals surface area (Å²) in [6.45, 7) is 4.54. The van der Waals surface area contributed by atoms with E-state index in [0.29, 0.717) is 12.0 Å². The minimum absolute atomic E-state index is 0.625. The fourth-order valence-corrected chi connectivity index (χ4v) is 2.78. The lowest BCUT2D eigenvalue weighted by Gasteiger charge is -2.29. The predicted octanol–water partition coefficient (Wildman–Crippen LogP) is 3.23. The van der Waals surface area contributed by atoms with Crippen molar-refractivity contribution in [1.82, 2.24) is 0 Å². The number of hydrogen-bond acceptors (Lipinski definition) is 2. The van der Waals surface area contributed by atoms with Crippen LogP contribution in [0.2, 0.25) is 0 Å². The molecule has 1 atom stereocenters. The van der Waals surface area contributed by atoms with Crippen molar-refractivity contribution in [3.8, 4) is 0 Å². The van der Waals surface area contributed by atoms with Crippen LogP contribution in [-0.4, -0.2) is 11.8 Å². The van der Waals surface area contributed by atoms with Crippen LogP contribution in [0.5, 0.6) is 0 Å². The Labute approximate surface area is 83.9 Å². The normalized spacial score (nSPS) is 21.0. The van der Waals surface area contributed by atoms with E-state index in [0.717, 1.165) is 0 Å². The fourth-order valence-electron chi connectivity index (χ4n) is 1.49. The second kappa shape index (κ2) is 3.62. The van der Waals surface area contributed by atoms with Crippen molar-refractivity contribution in [1.29, 1.82) is 0 Å². The van der Waals surface area contributed by atoms with Gasteiger partial charge >= 0.3 is 0 Å². The first-order valence-corrected chi connectivity index (χ1v) is 5.74. The number of thioether (sulfide) groups is 1. The minimum atomic E-state index is 0.625. The lowest BCUT2D eigenvalue weighted by atomic mass is 10.1. The monoisotopic (exact) mass is 193 g/mol. The molecule has 0 saturated heterocycles. The highest BCUT2D eigenvalue weighted by molar-refractivity contribution is 7.99. The van der Waals surface area contributed by atoms with Crippen LogP contribution >= 0.6 is 11.8 Å². The summed E-state index contributed by atoms with van der Waals surface area (Å²) in [6, 6.07) is 9.17. The van der Waals surface area contributed by atoms with Gasteiger partial charge in [0.25, 0.3) is 0 Å². The van der Waals surface area contributed by atoms with E-state index >= 15 is 0 Å². The number of hydrogen-bond donors (Lipinski definition) is 1. The number of rotatable bonds is 1. The van der Waals surface area contributed by atoms with Crippen molar-refractivity contribution in [3.63, 3.8) is 0 Å². The van der Waals surface area contributed by atoms with Crippen LogP contribution in [0.3, 0.4) is 0 Å². The molecule has 1 N–H and O–H groups in total. The highest BCUT2D eigenvalue weighted by Crippen LogP contribution is 2.34. The molecule has 0 fully saturated rings. The first-order valence-electron chi connectivity index (χ1n) is 4.76. The number of nitrogens with one attached hydrogen (secondary N) is 1. The quantitative estimate of drug-likeness (QED) is 0.735. The van der Waals surface area contributed by atoms with Gasteiger partial charge in [0.1, 0.15) is 0 Å². The van der Waals surface area contributed by atoms with Gasteiger partial charge in [-0.05, 0) is 18.1 Å². The van der Waals surface area contributed by atoms with Crippen LogP contribution in [0.4, 0.5) is 5.69 Å². The molecule has 1 nitrogen and oxygen atoms in total. The third-order valence-corrected chi connectivity index (χ3v) is 3.64. The minimum Gasteiger partial charge on any atom is -0.380 e. The molecule has 0 aliphatic carbocycles. The topological polar surface area (TPSA) is 12.0 Å². The number of fused-ring (bicyclic) bond motifs is 1. The maximum atomic E-state index is 3.58. The SMILES string of the molecule is CC(C)C1CSc2ccccc2N1. The highest BCUT2D eigenvalue weighted by atomic mass is 32.2. The summed E-state index contributed by atoms with van der Waals surface area (Å²) in [6.07, 6.45) is 0. The Morgan fingerprint density at radius 2 is 2.15 bits per heavy atom. The summed E-state index contributed by atoms with van der Waals surface area (Å²) in [5, 5.41) is 3.58. The molecule has 1 aliphatic rings. The van der Waals surface area contributed by atoms with E-state index in [2.05, 4.69) is 43.4 Å². The largest absolute Gasteiger partial charge is 0.380 e. The maximum absolute atomic E-state index is 3.58. The summed E-state index contributed by atoms with van der Waals surface area (Å²) in [4.78, 5) is 1.39. The predicted molar refractivity (Wildman–Crippen MR) is 59.4 cm³/mol. The van der Waals surface area contributed by atoms with Crippen LogP contribution in [0, 0.1) is 5.92 Å². The second-order valence-corrected chi connectivity index (χ2v) is 4.86. The fraction of sp³-hybridized carbons (Fsp3) is 0.455. The van der Waals surface area contributed by atoms with Gasteiger partial charge in [-0.2, -0.15) is 0 Å². The highest BCUT2D eigenvalue weighted by Gasteiger charge is 2.19. The Hall–Kier alpha value is -0.630. The lowest BCUT2D eigenvalue weighted by Crippen LogP contribution is -2.30. The standard InChI is InChI=1S/C11H15NS/c1-8(2)10-7-13-11-6-4-3-5-9(11)12-10/h3-6,8,10,12H,7H2,1-2H3.